The van der Waals surface area contributed by atoms with Crippen LogP contribution in [0.4, 0.5) is 8.78 Å². The van der Waals surface area contributed by atoms with Crippen molar-refractivity contribution in [3.63, 3.8) is 0 Å². The number of nitrogens with one attached hydrogen (secondary N) is 1. The van der Waals surface area contributed by atoms with Crippen molar-refractivity contribution < 1.29 is 18.0 Å². The summed E-state index contributed by atoms with van der Waals surface area (Å²) in [4.78, 5) is 11.6. The lowest BCUT2D eigenvalue weighted by Gasteiger charge is -2.04. The molecule has 0 aliphatic rings. The highest BCUT2D eigenvalue weighted by Crippen LogP contribution is 2.11. The second-order valence-corrected chi connectivity index (χ2v) is 3.42. The third-order valence-corrected chi connectivity index (χ3v) is 2.23. The Hall–Kier alpha value is -2.17. The summed E-state index contributed by atoms with van der Waals surface area (Å²) in [5.41, 5.74) is 0.434. The summed E-state index contributed by atoms with van der Waals surface area (Å²) in [6.45, 7) is 0.200. The lowest BCUT2D eigenvalue weighted by molar-refractivity contribution is 0.0946. The number of hydrogen-bond donors (Lipinski definition) is 1. The van der Waals surface area contributed by atoms with E-state index in [0.717, 1.165) is 11.6 Å². The molecule has 1 amide bonds. The van der Waals surface area contributed by atoms with Gasteiger partial charge in [-0.2, -0.15) is 0 Å². The number of benzene rings is 1. The molecule has 1 aromatic heterocycles. The predicted molar refractivity (Wildman–Crippen MR) is 56.2 cm³/mol. The molecule has 2 rings (SSSR count). The van der Waals surface area contributed by atoms with Crippen molar-refractivity contribution in [2.45, 2.75) is 6.54 Å². The first kappa shape index (κ1) is 11.3. The molecule has 1 aromatic carbocycles. The molecule has 3 nitrogen and oxygen atoms in total. The van der Waals surface area contributed by atoms with Crippen molar-refractivity contribution >= 4 is 5.91 Å². The van der Waals surface area contributed by atoms with Crippen LogP contribution < -0.4 is 5.32 Å². The van der Waals surface area contributed by atoms with Gasteiger partial charge in [-0.25, -0.2) is 8.78 Å². The summed E-state index contributed by atoms with van der Waals surface area (Å²) in [5, 5.41) is 2.46. The fraction of sp³-hybridized carbons (Fsp3) is 0.0833. The molecule has 2 aromatic rings. The van der Waals surface area contributed by atoms with Gasteiger partial charge in [0.25, 0.3) is 5.91 Å². The van der Waals surface area contributed by atoms with Gasteiger partial charge in [0.2, 0.25) is 0 Å². The third kappa shape index (κ3) is 2.50. The maximum atomic E-state index is 13.3. The maximum Gasteiger partial charge on any atom is 0.254 e. The standard InChI is InChI=1S/C12H9F2NO2/c13-10-3-1-2-9(11(10)14)12(16)15-6-8-4-5-17-7-8/h1-5,7H,6H2,(H,15,16). The zero-order valence-electron chi connectivity index (χ0n) is 8.74. The van der Waals surface area contributed by atoms with Crippen molar-refractivity contribution in [2.75, 3.05) is 0 Å². The predicted octanol–water partition coefficient (Wildman–Crippen LogP) is 2.49. The minimum atomic E-state index is -1.14. The van der Waals surface area contributed by atoms with Gasteiger partial charge < -0.3 is 9.73 Å². The maximum absolute atomic E-state index is 13.3. The van der Waals surface area contributed by atoms with Gasteiger partial charge in [-0.05, 0) is 18.2 Å². The minimum absolute atomic E-state index is 0.200. The van der Waals surface area contributed by atoms with Crippen molar-refractivity contribution in [3.8, 4) is 0 Å². The molecule has 0 aliphatic heterocycles. The summed E-state index contributed by atoms with van der Waals surface area (Å²) < 4.78 is 31.0. The second-order valence-electron chi connectivity index (χ2n) is 3.42. The van der Waals surface area contributed by atoms with Crippen molar-refractivity contribution in [1.29, 1.82) is 0 Å². The van der Waals surface area contributed by atoms with Crippen molar-refractivity contribution in [2.24, 2.45) is 0 Å². The Labute approximate surface area is 96.1 Å². The van der Waals surface area contributed by atoms with Gasteiger partial charge >= 0.3 is 0 Å². The fourth-order valence-electron chi connectivity index (χ4n) is 1.35. The van der Waals surface area contributed by atoms with E-state index in [4.69, 9.17) is 4.42 Å². The lowest BCUT2D eigenvalue weighted by atomic mass is 10.2. The van der Waals surface area contributed by atoms with Crippen molar-refractivity contribution in [1.82, 2.24) is 5.32 Å². The van der Waals surface area contributed by atoms with Crippen LogP contribution in [0.5, 0.6) is 0 Å². The number of halogens is 2. The topological polar surface area (TPSA) is 42.2 Å². The first-order valence-electron chi connectivity index (χ1n) is 4.92. The summed E-state index contributed by atoms with van der Waals surface area (Å²) in [6, 6.07) is 5.14. The molecule has 17 heavy (non-hydrogen) atoms. The third-order valence-electron chi connectivity index (χ3n) is 2.23. The fourth-order valence-corrected chi connectivity index (χ4v) is 1.35. The number of amides is 1. The Balaban J connectivity index is 2.07. The second kappa shape index (κ2) is 4.78. The van der Waals surface area contributed by atoms with E-state index in [0.29, 0.717) is 0 Å². The van der Waals surface area contributed by atoms with E-state index in [1.807, 2.05) is 0 Å². The van der Waals surface area contributed by atoms with Gasteiger partial charge in [0.1, 0.15) is 0 Å². The number of furan rings is 1. The van der Waals surface area contributed by atoms with E-state index < -0.39 is 17.5 Å². The van der Waals surface area contributed by atoms with Crippen LogP contribution in [0.15, 0.2) is 41.2 Å². The molecule has 0 aliphatic carbocycles. The summed E-state index contributed by atoms with van der Waals surface area (Å²) in [7, 11) is 0. The average molecular weight is 237 g/mol. The lowest BCUT2D eigenvalue weighted by Crippen LogP contribution is -2.23. The zero-order chi connectivity index (χ0) is 12.3. The normalized spacial score (nSPS) is 10.2. The molecule has 0 radical (unpaired) electrons. The monoisotopic (exact) mass is 237 g/mol. The number of carbonyl (C=O) groups excluding carboxylic acids is 1. The molecule has 0 atom stereocenters. The smallest absolute Gasteiger partial charge is 0.254 e. The van der Waals surface area contributed by atoms with E-state index in [1.165, 1.54) is 24.7 Å². The summed E-state index contributed by atoms with van der Waals surface area (Å²) in [5.74, 6) is -2.85. The van der Waals surface area contributed by atoms with E-state index in [1.54, 1.807) is 6.07 Å². The number of hydrogen-bond acceptors (Lipinski definition) is 2. The van der Waals surface area contributed by atoms with Crippen LogP contribution in [-0.4, -0.2) is 5.91 Å². The van der Waals surface area contributed by atoms with Gasteiger partial charge in [0.05, 0.1) is 18.1 Å². The molecule has 0 saturated carbocycles. The van der Waals surface area contributed by atoms with E-state index in [9.17, 15) is 13.6 Å². The molecule has 88 valence electrons. The van der Waals surface area contributed by atoms with Crippen LogP contribution in [0.3, 0.4) is 0 Å². The molecule has 0 saturated heterocycles. The Morgan fingerprint density at radius 1 is 1.29 bits per heavy atom. The van der Waals surface area contributed by atoms with Crippen LogP contribution in [0.1, 0.15) is 15.9 Å². The Bertz CT molecular complexity index is 523. The number of rotatable bonds is 3. The molecule has 0 unspecified atom stereocenters. The highest BCUT2D eigenvalue weighted by Gasteiger charge is 2.14. The first-order chi connectivity index (χ1) is 8.18. The van der Waals surface area contributed by atoms with Gasteiger partial charge in [0.15, 0.2) is 11.6 Å². The van der Waals surface area contributed by atoms with E-state index >= 15 is 0 Å². The average Bonchev–Trinajstić information content (AvgIpc) is 2.82. The van der Waals surface area contributed by atoms with Gasteiger partial charge in [-0.1, -0.05) is 6.07 Å². The quantitative estimate of drug-likeness (QED) is 0.891. The van der Waals surface area contributed by atoms with Gasteiger partial charge in [-0.15, -0.1) is 0 Å². The molecule has 1 heterocycles. The van der Waals surface area contributed by atoms with Gasteiger partial charge in [0, 0.05) is 12.1 Å². The SMILES string of the molecule is O=C(NCc1ccoc1)c1cccc(F)c1F. The van der Waals surface area contributed by atoms with E-state index in [2.05, 4.69) is 5.32 Å². The Kier molecular flexibility index (Phi) is 3.18. The zero-order valence-corrected chi connectivity index (χ0v) is 8.74. The first-order valence-corrected chi connectivity index (χ1v) is 4.92. The van der Waals surface area contributed by atoms with Crippen LogP contribution in [-0.2, 0) is 6.54 Å². The molecule has 0 bridgehead atoms. The van der Waals surface area contributed by atoms with Crippen LogP contribution in [0, 0.1) is 11.6 Å². The highest BCUT2D eigenvalue weighted by molar-refractivity contribution is 5.94. The minimum Gasteiger partial charge on any atom is -0.472 e. The Morgan fingerprint density at radius 3 is 2.82 bits per heavy atom. The van der Waals surface area contributed by atoms with Crippen LogP contribution in [0.2, 0.25) is 0 Å². The highest BCUT2D eigenvalue weighted by atomic mass is 19.2. The van der Waals surface area contributed by atoms with Gasteiger partial charge in [-0.3, -0.25) is 4.79 Å². The molecule has 0 fully saturated rings. The summed E-state index contributed by atoms with van der Waals surface area (Å²) >= 11 is 0. The molecular weight excluding hydrogens is 228 g/mol. The van der Waals surface area contributed by atoms with Crippen LogP contribution in [0.25, 0.3) is 0 Å². The molecule has 0 spiro atoms. The van der Waals surface area contributed by atoms with Crippen LogP contribution >= 0.6 is 0 Å². The molecule has 1 N–H and O–H groups in total. The summed E-state index contributed by atoms with van der Waals surface area (Å²) in [6.07, 6.45) is 2.92. The van der Waals surface area contributed by atoms with E-state index in [-0.39, 0.29) is 12.1 Å². The molecular formula is C12H9F2NO2. The number of carbonyl (C=O) groups is 1. The van der Waals surface area contributed by atoms with Crippen molar-refractivity contribution in [3.05, 3.63) is 59.6 Å². The largest absolute Gasteiger partial charge is 0.472 e. The Morgan fingerprint density at radius 2 is 2.12 bits per heavy atom. The molecule has 5 heteroatoms.